The third-order valence-electron chi connectivity index (χ3n) is 5.02. The number of amides is 1. The second-order valence-electron chi connectivity index (χ2n) is 7.35. The lowest BCUT2D eigenvalue weighted by Crippen LogP contribution is -2.52. The second-order valence-corrected chi connectivity index (χ2v) is 9.22. The number of halogens is 2. The number of hydrogen-bond acceptors (Lipinski definition) is 6. The van der Waals surface area contributed by atoms with Crippen LogP contribution in [0.5, 0.6) is 0 Å². The third-order valence-corrected chi connectivity index (χ3v) is 7.16. The molecular formula is C19H24F2N4O4S. The van der Waals surface area contributed by atoms with E-state index >= 15 is 0 Å². The molecule has 1 aromatic carbocycles. The average Bonchev–Trinajstić information content (AvgIpc) is 3.03. The van der Waals surface area contributed by atoms with Gasteiger partial charge in [0.1, 0.15) is 22.2 Å². The number of carbonyl (C=O) groups is 1. The van der Waals surface area contributed by atoms with Crippen LogP contribution in [0, 0.1) is 25.5 Å². The van der Waals surface area contributed by atoms with Gasteiger partial charge in [-0.1, -0.05) is 11.2 Å². The Labute approximate surface area is 174 Å². The van der Waals surface area contributed by atoms with Gasteiger partial charge in [0.15, 0.2) is 5.76 Å². The van der Waals surface area contributed by atoms with Gasteiger partial charge in [-0.05, 0) is 27.0 Å². The van der Waals surface area contributed by atoms with Crippen molar-refractivity contribution in [3.63, 3.8) is 0 Å². The van der Waals surface area contributed by atoms with Gasteiger partial charge in [0, 0.05) is 44.4 Å². The van der Waals surface area contributed by atoms with Crippen molar-refractivity contribution in [1.82, 2.24) is 19.3 Å². The van der Waals surface area contributed by atoms with Crippen LogP contribution in [-0.2, 0) is 21.4 Å². The maximum absolute atomic E-state index is 13.8. The summed E-state index contributed by atoms with van der Waals surface area (Å²) < 4.78 is 58.8. The molecule has 0 N–H and O–H groups in total. The summed E-state index contributed by atoms with van der Waals surface area (Å²) >= 11 is 0. The van der Waals surface area contributed by atoms with Gasteiger partial charge in [0.2, 0.25) is 15.9 Å². The predicted octanol–water partition coefficient (Wildman–Crippen LogP) is 1.53. The van der Waals surface area contributed by atoms with Crippen LogP contribution < -0.4 is 0 Å². The summed E-state index contributed by atoms with van der Waals surface area (Å²) in [6, 6.07) is 3.33. The van der Waals surface area contributed by atoms with Crippen molar-refractivity contribution in [2.45, 2.75) is 25.3 Å². The van der Waals surface area contributed by atoms with Crippen LogP contribution in [-0.4, -0.2) is 73.4 Å². The van der Waals surface area contributed by atoms with E-state index in [4.69, 9.17) is 4.52 Å². The van der Waals surface area contributed by atoms with E-state index in [0.717, 1.165) is 6.07 Å². The van der Waals surface area contributed by atoms with Gasteiger partial charge < -0.3 is 9.42 Å². The molecule has 0 atom stereocenters. The van der Waals surface area contributed by atoms with Crippen LogP contribution in [0.1, 0.15) is 17.0 Å². The number of piperazine rings is 1. The molecule has 1 fully saturated rings. The van der Waals surface area contributed by atoms with Gasteiger partial charge in [-0.2, -0.15) is 4.31 Å². The number of sulfonamides is 1. The number of rotatable bonds is 6. The van der Waals surface area contributed by atoms with Crippen molar-refractivity contribution in [3.8, 4) is 0 Å². The summed E-state index contributed by atoms with van der Waals surface area (Å²) in [5, 5.41) is 3.70. The maximum atomic E-state index is 13.8. The zero-order chi connectivity index (χ0) is 22.1. The van der Waals surface area contributed by atoms with Gasteiger partial charge in [-0.15, -0.1) is 0 Å². The standard InChI is InChI=1S/C19H24F2N4O4S/c1-13-19(14(2)29-22-13)30(27,28)25-8-6-24(7-9-25)18(26)12-23(3)11-15-4-5-16(20)10-17(15)21/h4-5,10H,6-9,11-12H2,1-3H3. The van der Waals surface area contributed by atoms with E-state index in [1.807, 2.05) is 0 Å². The first-order valence-corrected chi connectivity index (χ1v) is 10.9. The second kappa shape index (κ2) is 8.78. The SMILES string of the molecule is Cc1noc(C)c1S(=O)(=O)N1CCN(C(=O)CN(C)Cc2ccc(F)cc2F)CC1. The minimum Gasteiger partial charge on any atom is -0.360 e. The van der Waals surface area contributed by atoms with Crippen LogP contribution in [0.3, 0.4) is 0 Å². The molecular weight excluding hydrogens is 418 g/mol. The highest BCUT2D eigenvalue weighted by Crippen LogP contribution is 2.24. The molecule has 1 saturated heterocycles. The molecule has 1 aliphatic rings. The highest BCUT2D eigenvalue weighted by Gasteiger charge is 2.34. The van der Waals surface area contributed by atoms with E-state index in [1.54, 1.807) is 30.7 Å². The molecule has 2 aromatic rings. The van der Waals surface area contributed by atoms with Gasteiger partial charge in [-0.25, -0.2) is 17.2 Å². The summed E-state index contributed by atoms with van der Waals surface area (Å²) in [5.74, 6) is -1.26. The monoisotopic (exact) mass is 442 g/mol. The minimum absolute atomic E-state index is 0.0352. The topological polar surface area (TPSA) is 87.0 Å². The number of aryl methyl sites for hydroxylation is 2. The molecule has 8 nitrogen and oxygen atoms in total. The van der Waals surface area contributed by atoms with Gasteiger partial charge in [0.25, 0.3) is 0 Å². The Bertz CT molecular complexity index is 1010. The van der Waals surface area contributed by atoms with Crippen LogP contribution in [0.2, 0.25) is 0 Å². The van der Waals surface area contributed by atoms with Gasteiger partial charge >= 0.3 is 0 Å². The molecule has 0 radical (unpaired) electrons. The van der Waals surface area contributed by atoms with Crippen LogP contribution >= 0.6 is 0 Å². The number of nitrogens with zero attached hydrogens (tertiary/aromatic N) is 4. The lowest BCUT2D eigenvalue weighted by Gasteiger charge is -2.34. The lowest BCUT2D eigenvalue weighted by atomic mass is 10.2. The molecule has 11 heteroatoms. The fourth-order valence-corrected chi connectivity index (χ4v) is 5.19. The average molecular weight is 442 g/mol. The van der Waals surface area contributed by atoms with Crippen LogP contribution in [0.25, 0.3) is 0 Å². The van der Waals surface area contributed by atoms with Crippen LogP contribution in [0.4, 0.5) is 8.78 Å². The molecule has 0 aliphatic carbocycles. The Hall–Kier alpha value is -2.37. The maximum Gasteiger partial charge on any atom is 0.248 e. The summed E-state index contributed by atoms with van der Waals surface area (Å²) in [5.41, 5.74) is 0.600. The summed E-state index contributed by atoms with van der Waals surface area (Å²) in [6.07, 6.45) is 0. The van der Waals surface area contributed by atoms with E-state index in [9.17, 15) is 22.0 Å². The first-order valence-electron chi connectivity index (χ1n) is 9.43. The van der Waals surface area contributed by atoms with E-state index in [2.05, 4.69) is 5.16 Å². The summed E-state index contributed by atoms with van der Waals surface area (Å²) in [4.78, 5) is 15.9. The Kier molecular flexibility index (Phi) is 6.53. The molecule has 1 aliphatic heterocycles. The quantitative estimate of drug-likeness (QED) is 0.675. The van der Waals surface area contributed by atoms with E-state index in [-0.39, 0.29) is 55.8 Å². The molecule has 2 heterocycles. The van der Waals surface area contributed by atoms with Crippen LogP contribution in [0.15, 0.2) is 27.6 Å². The van der Waals surface area contributed by atoms with Crippen molar-refractivity contribution in [1.29, 1.82) is 0 Å². The smallest absolute Gasteiger partial charge is 0.248 e. The molecule has 0 spiro atoms. The van der Waals surface area contributed by atoms with Gasteiger partial charge in [-0.3, -0.25) is 9.69 Å². The molecule has 0 bridgehead atoms. The normalized spacial score (nSPS) is 15.7. The van der Waals surface area contributed by atoms with E-state index < -0.39 is 21.7 Å². The Morgan fingerprint density at radius 1 is 1.20 bits per heavy atom. The van der Waals surface area contributed by atoms with E-state index in [1.165, 1.54) is 16.4 Å². The molecule has 1 aromatic heterocycles. The Morgan fingerprint density at radius 2 is 1.87 bits per heavy atom. The Balaban J connectivity index is 1.56. The first kappa shape index (κ1) is 22.3. The molecule has 1 amide bonds. The summed E-state index contributed by atoms with van der Waals surface area (Å²) in [6.45, 7) is 4.13. The number of hydrogen-bond donors (Lipinski definition) is 0. The molecule has 3 rings (SSSR count). The molecule has 0 unspecified atom stereocenters. The largest absolute Gasteiger partial charge is 0.360 e. The third kappa shape index (κ3) is 4.68. The zero-order valence-electron chi connectivity index (χ0n) is 17.1. The van der Waals surface area contributed by atoms with Gasteiger partial charge in [0.05, 0.1) is 6.54 Å². The molecule has 0 saturated carbocycles. The highest BCUT2D eigenvalue weighted by molar-refractivity contribution is 7.89. The number of carbonyl (C=O) groups excluding carboxylic acids is 1. The van der Waals surface area contributed by atoms with Crippen molar-refractivity contribution in [2.75, 3.05) is 39.8 Å². The lowest BCUT2D eigenvalue weighted by molar-refractivity contribution is -0.133. The Morgan fingerprint density at radius 3 is 2.43 bits per heavy atom. The van der Waals surface area contributed by atoms with Crippen molar-refractivity contribution in [2.24, 2.45) is 0 Å². The number of aromatic nitrogens is 1. The zero-order valence-corrected chi connectivity index (χ0v) is 17.9. The van der Waals surface area contributed by atoms with Crippen molar-refractivity contribution in [3.05, 3.63) is 46.9 Å². The molecule has 30 heavy (non-hydrogen) atoms. The van der Waals surface area contributed by atoms with E-state index in [0.29, 0.717) is 11.3 Å². The number of likely N-dealkylation sites (N-methyl/N-ethyl adjacent to an activating group) is 1. The highest BCUT2D eigenvalue weighted by atomic mass is 32.2. The first-order chi connectivity index (χ1) is 14.1. The minimum atomic E-state index is -3.74. The number of benzene rings is 1. The molecule has 164 valence electrons. The predicted molar refractivity (Wildman–Crippen MR) is 104 cm³/mol. The summed E-state index contributed by atoms with van der Waals surface area (Å²) in [7, 11) is -2.08. The van der Waals surface area contributed by atoms with Crippen molar-refractivity contribution < 1.29 is 26.5 Å². The fourth-order valence-electron chi connectivity index (χ4n) is 3.48. The fraction of sp³-hybridized carbons (Fsp3) is 0.474. The van der Waals surface area contributed by atoms with Crippen molar-refractivity contribution >= 4 is 15.9 Å².